The molecular weight excluding hydrogens is 366 g/mol. The Morgan fingerprint density at radius 2 is 2.15 bits per heavy atom. The van der Waals surface area contributed by atoms with Crippen molar-refractivity contribution in [3.05, 3.63) is 46.2 Å². The van der Waals surface area contributed by atoms with Crippen LogP contribution in [0, 0.1) is 6.92 Å². The van der Waals surface area contributed by atoms with Crippen molar-refractivity contribution in [3.63, 3.8) is 0 Å². The molecule has 0 unspecified atom stereocenters. The number of thiazole rings is 1. The van der Waals surface area contributed by atoms with Crippen LogP contribution in [-0.2, 0) is 0 Å². The average molecular weight is 388 g/mol. The van der Waals surface area contributed by atoms with Crippen molar-refractivity contribution in [2.75, 3.05) is 19.1 Å². The number of rotatable bonds is 8. The van der Waals surface area contributed by atoms with E-state index in [2.05, 4.69) is 40.8 Å². The van der Waals surface area contributed by atoms with E-state index in [1.54, 1.807) is 36.0 Å². The molecule has 0 bridgehead atoms. The molecule has 0 spiro atoms. The second-order valence-electron chi connectivity index (χ2n) is 5.53. The molecule has 0 radical (unpaired) electrons. The highest BCUT2D eigenvalue weighted by molar-refractivity contribution is 7.17. The second kappa shape index (κ2) is 8.82. The van der Waals surface area contributed by atoms with Gasteiger partial charge in [-0.1, -0.05) is 13.0 Å². The van der Waals surface area contributed by atoms with Crippen LogP contribution in [0.5, 0.6) is 11.5 Å². The lowest BCUT2D eigenvalue weighted by Gasteiger charge is -2.10. The van der Waals surface area contributed by atoms with Gasteiger partial charge in [0, 0.05) is 4.88 Å². The number of benzene rings is 1. The van der Waals surface area contributed by atoms with E-state index in [0.717, 1.165) is 28.6 Å². The number of hydrogen-bond donors (Lipinski definition) is 1. The Bertz CT molecular complexity index is 873. The molecule has 7 heteroatoms. The van der Waals surface area contributed by atoms with Crippen molar-refractivity contribution in [1.29, 1.82) is 0 Å². The van der Waals surface area contributed by atoms with Crippen LogP contribution in [0.2, 0.25) is 0 Å². The smallest absolute Gasteiger partial charge is 0.204 e. The van der Waals surface area contributed by atoms with Crippen molar-refractivity contribution in [2.24, 2.45) is 5.10 Å². The third-order valence-corrected chi connectivity index (χ3v) is 5.33. The van der Waals surface area contributed by atoms with Crippen LogP contribution in [0.4, 0.5) is 5.13 Å². The quantitative estimate of drug-likeness (QED) is 0.414. The number of aryl methyl sites for hydroxylation is 1. The molecule has 0 atom stereocenters. The van der Waals surface area contributed by atoms with Crippen LogP contribution in [0.15, 0.2) is 40.8 Å². The van der Waals surface area contributed by atoms with Gasteiger partial charge in [0.25, 0.3) is 0 Å². The van der Waals surface area contributed by atoms with E-state index < -0.39 is 0 Å². The maximum absolute atomic E-state index is 5.66. The molecule has 136 valence electrons. The molecule has 0 aliphatic heterocycles. The Balaban J connectivity index is 1.68. The van der Waals surface area contributed by atoms with Gasteiger partial charge in [-0.05, 0) is 48.6 Å². The van der Waals surface area contributed by atoms with Crippen molar-refractivity contribution < 1.29 is 9.47 Å². The number of methoxy groups -OCH3 is 1. The fraction of sp³-hybridized carbons (Fsp3) is 0.263. The minimum absolute atomic E-state index is 0.668. The van der Waals surface area contributed by atoms with Crippen molar-refractivity contribution in [3.8, 4) is 22.1 Å². The zero-order valence-corrected chi connectivity index (χ0v) is 16.6. The molecule has 0 amide bonds. The molecule has 2 heterocycles. The predicted molar refractivity (Wildman–Crippen MR) is 110 cm³/mol. The van der Waals surface area contributed by atoms with Gasteiger partial charge in [0.15, 0.2) is 11.5 Å². The Kier molecular flexibility index (Phi) is 6.25. The molecule has 1 N–H and O–H groups in total. The van der Waals surface area contributed by atoms with Gasteiger partial charge in [-0.15, -0.1) is 22.7 Å². The van der Waals surface area contributed by atoms with E-state index in [1.165, 1.54) is 9.75 Å². The maximum Gasteiger partial charge on any atom is 0.204 e. The van der Waals surface area contributed by atoms with Gasteiger partial charge in [0.05, 0.1) is 30.5 Å². The molecule has 0 saturated heterocycles. The fourth-order valence-corrected chi connectivity index (χ4v) is 3.96. The minimum atomic E-state index is 0.668. The van der Waals surface area contributed by atoms with Crippen LogP contribution in [-0.4, -0.2) is 24.9 Å². The van der Waals surface area contributed by atoms with Crippen LogP contribution in [0.25, 0.3) is 10.6 Å². The number of ether oxygens (including phenoxy) is 2. The van der Waals surface area contributed by atoms with Gasteiger partial charge < -0.3 is 9.47 Å². The second-order valence-corrected chi connectivity index (χ2v) is 7.68. The molecule has 3 aromatic rings. The summed E-state index contributed by atoms with van der Waals surface area (Å²) in [4.78, 5) is 6.96. The summed E-state index contributed by atoms with van der Waals surface area (Å²) in [6.45, 7) is 4.81. The van der Waals surface area contributed by atoms with Crippen LogP contribution < -0.4 is 14.9 Å². The predicted octanol–water partition coefficient (Wildman–Crippen LogP) is 5.42. The van der Waals surface area contributed by atoms with E-state index in [0.29, 0.717) is 12.4 Å². The van der Waals surface area contributed by atoms with Crippen LogP contribution in [0.1, 0.15) is 23.8 Å². The van der Waals surface area contributed by atoms with Crippen molar-refractivity contribution >= 4 is 34.0 Å². The Morgan fingerprint density at radius 3 is 2.88 bits per heavy atom. The first-order valence-electron chi connectivity index (χ1n) is 8.32. The molecule has 26 heavy (non-hydrogen) atoms. The topological polar surface area (TPSA) is 55.7 Å². The number of anilines is 1. The maximum atomic E-state index is 5.66. The lowest BCUT2D eigenvalue weighted by Crippen LogP contribution is -1.98. The monoisotopic (exact) mass is 387 g/mol. The number of nitrogens with zero attached hydrogens (tertiary/aromatic N) is 2. The minimum Gasteiger partial charge on any atom is -0.493 e. The number of nitrogens with one attached hydrogen (secondary N) is 1. The zero-order chi connectivity index (χ0) is 18.4. The van der Waals surface area contributed by atoms with Gasteiger partial charge in [-0.2, -0.15) is 5.10 Å². The van der Waals surface area contributed by atoms with Gasteiger partial charge in [0.1, 0.15) is 0 Å². The fourth-order valence-electron chi connectivity index (χ4n) is 2.34. The molecule has 0 fully saturated rings. The Morgan fingerprint density at radius 1 is 1.27 bits per heavy atom. The van der Waals surface area contributed by atoms with Crippen molar-refractivity contribution in [1.82, 2.24) is 4.98 Å². The largest absolute Gasteiger partial charge is 0.493 e. The van der Waals surface area contributed by atoms with Crippen LogP contribution >= 0.6 is 22.7 Å². The zero-order valence-electron chi connectivity index (χ0n) is 15.0. The standard InChI is InChI=1S/C19H21N3O2S2/c1-4-9-24-15-8-7-14(11-16(15)23-3)12-20-22-19-21-18(13(2)26-19)17-6-5-10-25-17/h5-8,10-12H,4,9H2,1-3H3,(H,21,22)/b20-12-. The molecular formula is C19H21N3O2S2. The molecule has 2 aromatic heterocycles. The lowest BCUT2D eigenvalue weighted by molar-refractivity contribution is 0.294. The normalized spacial score (nSPS) is 11.0. The third-order valence-electron chi connectivity index (χ3n) is 3.57. The molecule has 1 aromatic carbocycles. The molecule has 5 nitrogen and oxygen atoms in total. The highest BCUT2D eigenvalue weighted by Crippen LogP contribution is 2.33. The summed E-state index contributed by atoms with van der Waals surface area (Å²) in [5.74, 6) is 1.45. The van der Waals surface area contributed by atoms with Crippen molar-refractivity contribution in [2.45, 2.75) is 20.3 Å². The summed E-state index contributed by atoms with van der Waals surface area (Å²) in [6, 6.07) is 9.86. The van der Waals surface area contributed by atoms with Gasteiger partial charge in [-0.25, -0.2) is 4.98 Å². The van der Waals surface area contributed by atoms with E-state index in [4.69, 9.17) is 9.47 Å². The van der Waals surface area contributed by atoms with Gasteiger partial charge in [-0.3, -0.25) is 5.43 Å². The summed E-state index contributed by atoms with van der Waals surface area (Å²) in [7, 11) is 1.64. The van der Waals surface area contributed by atoms with E-state index in [1.807, 2.05) is 24.3 Å². The Hall–Kier alpha value is -2.38. The third kappa shape index (κ3) is 4.42. The summed E-state index contributed by atoms with van der Waals surface area (Å²) in [6.07, 6.45) is 2.70. The molecule has 0 aliphatic carbocycles. The van der Waals surface area contributed by atoms with E-state index in [-0.39, 0.29) is 0 Å². The number of hydrazone groups is 1. The Labute approximate surface area is 161 Å². The molecule has 3 rings (SSSR count). The first kappa shape index (κ1) is 18.4. The summed E-state index contributed by atoms with van der Waals surface area (Å²) < 4.78 is 11.1. The van der Waals surface area contributed by atoms with E-state index >= 15 is 0 Å². The lowest BCUT2D eigenvalue weighted by atomic mass is 10.2. The van der Waals surface area contributed by atoms with Crippen LogP contribution in [0.3, 0.4) is 0 Å². The summed E-state index contributed by atoms with van der Waals surface area (Å²) in [5.41, 5.74) is 4.95. The number of hydrogen-bond acceptors (Lipinski definition) is 7. The molecule has 0 saturated carbocycles. The highest BCUT2D eigenvalue weighted by atomic mass is 32.1. The highest BCUT2D eigenvalue weighted by Gasteiger charge is 2.10. The average Bonchev–Trinajstić information content (AvgIpc) is 3.30. The number of aromatic nitrogens is 1. The SMILES string of the molecule is CCCOc1ccc(/C=N\Nc2nc(-c3cccs3)c(C)s2)cc1OC. The molecule has 0 aliphatic rings. The first-order chi connectivity index (χ1) is 12.7. The number of thiophene rings is 1. The van der Waals surface area contributed by atoms with E-state index in [9.17, 15) is 0 Å². The van der Waals surface area contributed by atoms with Gasteiger partial charge >= 0.3 is 0 Å². The summed E-state index contributed by atoms with van der Waals surface area (Å²) in [5, 5.41) is 7.13. The summed E-state index contributed by atoms with van der Waals surface area (Å²) >= 11 is 3.28. The first-order valence-corrected chi connectivity index (χ1v) is 10.0. The van der Waals surface area contributed by atoms with Gasteiger partial charge in [0.2, 0.25) is 5.13 Å².